The number of rotatable bonds is 3. The molecule has 0 bridgehead atoms. The molecule has 0 atom stereocenters. The van der Waals surface area contributed by atoms with Crippen molar-refractivity contribution in [2.75, 3.05) is 0 Å². The molecule has 0 saturated carbocycles. The van der Waals surface area contributed by atoms with E-state index in [1.54, 1.807) is 0 Å². The van der Waals surface area contributed by atoms with Gasteiger partial charge in [0, 0.05) is 0 Å². The van der Waals surface area contributed by atoms with Crippen LogP contribution in [0.3, 0.4) is 0 Å². The maximum atomic E-state index is 2.32. The summed E-state index contributed by atoms with van der Waals surface area (Å²) in [6.07, 6.45) is 5.56. The molecule has 0 amide bonds. The van der Waals surface area contributed by atoms with Gasteiger partial charge in [-0.2, -0.15) is 0 Å². The Bertz CT molecular complexity index is 1060. The van der Waals surface area contributed by atoms with E-state index in [0.717, 1.165) is 6.42 Å². The summed E-state index contributed by atoms with van der Waals surface area (Å²) in [7, 11) is 0. The van der Waals surface area contributed by atoms with E-state index in [4.69, 9.17) is 0 Å². The van der Waals surface area contributed by atoms with Gasteiger partial charge in [0.15, 0.2) is 0 Å². The smallest absolute Gasteiger partial charge is 0.00879 e. The van der Waals surface area contributed by atoms with Crippen LogP contribution in [0.1, 0.15) is 11.1 Å². The third-order valence-electron chi connectivity index (χ3n) is 5.28. The van der Waals surface area contributed by atoms with Crippen LogP contribution in [-0.2, 0) is 6.42 Å². The molecule has 0 heteroatoms. The van der Waals surface area contributed by atoms with Crippen LogP contribution in [-0.4, -0.2) is 0 Å². The molecule has 0 unspecified atom stereocenters. The van der Waals surface area contributed by atoms with Crippen molar-refractivity contribution in [3.63, 3.8) is 0 Å². The average Bonchev–Trinajstić information content (AvgIpc) is 3.24. The fourth-order valence-electron chi connectivity index (χ4n) is 3.92. The largest absolute Gasteiger partial charge is 0.0795 e. The minimum atomic E-state index is 1.03. The Morgan fingerprint density at radius 3 is 1.70 bits per heavy atom. The predicted molar refractivity (Wildman–Crippen MR) is 115 cm³/mol. The molecule has 128 valence electrons. The first-order valence-corrected chi connectivity index (χ1v) is 9.43. The topological polar surface area (TPSA) is 0 Å². The van der Waals surface area contributed by atoms with Gasteiger partial charge in [-0.05, 0) is 69.1 Å². The standard InChI is InChI=1S/C27H20/c1-3-9-20(10-4-1)23-17-24(21-11-5-2-6-12-21)19-25(18-23)27-16-8-14-22-13-7-15-26(22)27/h1-12,14-19H,13H2. The number of benzene rings is 4. The molecule has 0 spiro atoms. The Kier molecular flexibility index (Phi) is 3.95. The van der Waals surface area contributed by atoms with Crippen molar-refractivity contribution in [2.45, 2.75) is 6.42 Å². The van der Waals surface area contributed by atoms with Gasteiger partial charge in [0.05, 0.1) is 0 Å². The fraction of sp³-hybridized carbons (Fsp3) is 0.0370. The summed E-state index contributed by atoms with van der Waals surface area (Å²) < 4.78 is 0. The van der Waals surface area contributed by atoms with E-state index in [2.05, 4.69) is 109 Å². The highest BCUT2D eigenvalue weighted by atomic mass is 14.2. The van der Waals surface area contributed by atoms with Gasteiger partial charge in [0.25, 0.3) is 0 Å². The second-order valence-electron chi connectivity index (χ2n) is 7.02. The first kappa shape index (κ1) is 15.8. The Morgan fingerprint density at radius 1 is 0.481 bits per heavy atom. The maximum absolute atomic E-state index is 2.32. The Hall–Kier alpha value is -3.38. The van der Waals surface area contributed by atoms with E-state index in [0.29, 0.717) is 0 Å². The van der Waals surface area contributed by atoms with Gasteiger partial charge in [-0.25, -0.2) is 0 Å². The van der Waals surface area contributed by atoms with Crippen LogP contribution in [0.5, 0.6) is 0 Å². The fourth-order valence-corrected chi connectivity index (χ4v) is 3.92. The highest BCUT2D eigenvalue weighted by molar-refractivity contribution is 5.86. The van der Waals surface area contributed by atoms with E-state index < -0.39 is 0 Å². The van der Waals surface area contributed by atoms with Crippen molar-refractivity contribution in [3.8, 4) is 33.4 Å². The zero-order valence-electron chi connectivity index (χ0n) is 15.1. The summed E-state index contributed by atoms with van der Waals surface area (Å²) in [6.45, 7) is 0. The van der Waals surface area contributed by atoms with Crippen LogP contribution in [0.4, 0.5) is 0 Å². The van der Waals surface area contributed by atoms with Crippen LogP contribution in [0, 0.1) is 0 Å². The molecule has 0 aliphatic heterocycles. The van der Waals surface area contributed by atoms with Gasteiger partial charge in [-0.15, -0.1) is 0 Å². The number of fused-ring (bicyclic) bond motifs is 1. The molecule has 0 radical (unpaired) electrons. The quantitative estimate of drug-likeness (QED) is 0.367. The Labute approximate surface area is 160 Å². The molecule has 0 saturated heterocycles. The van der Waals surface area contributed by atoms with Crippen molar-refractivity contribution < 1.29 is 0 Å². The van der Waals surface area contributed by atoms with Gasteiger partial charge in [-0.3, -0.25) is 0 Å². The lowest BCUT2D eigenvalue weighted by Gasteiger charge is -2.13. The molecule has 0 fully saturated rings. The summed E-state index contributed by atoms with van der Waals surface area (Å²) >= 11 is 0. The molecular weight excluding hydrogens is 324 g/mol. The lowest BCUT2D eigenvalue weighted by Crippen LogP contribution is -1.90. The first-order valence-electron chi connectivity index (χ1n) is 9.43. The second-order valence-corrected chi connectivity index (χ2v) is 7.02. The first-order chi connectivity index (χ1) is 13.4. The second kappa shape index (κ2) is 6.74. The van der Waals surface area contributed by atoms with Crippen molar-refractivity contribution in [1.29, 1.82) is 0 Å². The van der Waals surface area contributed by atoms with Crippen molar-refractivity contribution in [1.82, 2.24) is 0 Å². The maximum Gasteiger partial charge on any atom is -0.00879 e. The Balaban J connectivity index is 1.74. The van der Waals surface area contributed by atoms with E-state index >= 15 is 0 Å². The van der Waals surface area contributed by atoms with Crippen LogP contribution < -0.4 is 0 Å². The minimum Gasteiger partial charge on any atom is -0.0795 e. The molecule has 1 aliphatic rings. The van der Waals surface area contributed by atoms with Crippen LogP contribution in [0.15, 0.2) is 103 Å². The SMILES string of the molecule is C1=Cc2c(cccc2-c2cc(-c3ccccc3)cc(-c3ccccc3)c2)C1. The average molecular weight is 344 g/mol. The lowest BCUT2D eigenvalue weighted by atomic mass is 9.91. The highest BCUT2D eigenvalue weighted by Gasteiger charge is 2.13. The normalized spacial score (nSPS) is 12.1. The molecule has 0 nitrogen and oxygen atoms in total. The van der Waals surface area contributed by atoms with E-state index in [1.165, 1.54) is 44.5 Å². The summed E-state index contributed by atoms with van der Waals surface area (Å²) in [6, 6.07) is 34.9. The summed E-state index contributed by atoms with van der Waals surface area (Å²) in [5, 5.41) is 0. The third-order valence-corrected chi connectivity index (χ3v) is 5.28. The van der Waals surface area contributed by atoms with E-state index in [-0.39, 0.29) is 0 Å². The molecule has 0 N–H and O–H groups in total. The molecule has 0 aromatic heterocycles. The predicted octanol–water partition coefficient (Wildman–Crippen LogP) is 7.26. The Morgan fingerprint density at radius 2 is 1.07 bits per heavy atom. The molecule has 5 rings (SSSR count). The third kappa shape index (κ3) is 3.00. The highest BCUT2D eigenvalue weighted by Crippen LogP contribution is 2.36. The lowest BCUT2D eigenvalue weighted by molar-refractivity contribution is 1.31. The monoisotopic (exact) mass is 344 g/mol. The zero-order valence-corrected chi connectivity index (χ0v) is 15.1. The van der Waals surface area contributed by atoms with Gasteiger partial charge in [-0.1, -0.05) is 91.0 Å². The van der Waals surface area contributed by atoms with E-state index in [9.17, 15) is 0 Å². The summed E-state index contributed by atoms with van der Waals surface area (Å²) in [5.41, 5.74) is 10.4. The van der Waals surface area contributed by atoms with Crippen molar-refractivity contribution >= 4 is 6.08 Å². The molecular formula is C27H20. The van der Waals surface area contributed by atoms with E-state index in [1.807, 2.05) is 0 Å². The van der Waals surface area contributed by atoms with Gasteiger partial charge in [0.2, 0.25) is 0 Å². The van der Waals surface area contributed by atoms with Crippen LogP contribution in [0.2, 0.25) is 0 Å². The van der Waals surface area contributed by atoms with Crippen LogP contribution in [0.25, 0.3) is 39.5 Å². The molecule has 1 aliphatic carbocycles. The molecule has 4 aromatic rings. The van der Waals surface area contributed by atoms with Gasteiger partial charge < -0.3 is 0 Å². The van der Waals surface area contributed by atoms with Gasteiger partial charge >= 0.3 is 0 Å². The molecule has 27 heavy (non-hydrogen) atoms. The number of hydrogen-bond acceptors (Lipinski definition) is 0. The van der Waals surface area contributed by atoms with Gasteiger partial charge in [0.1, 0.15) is 0 Å². The summed E-state index contributed by atoms with van der Waals surface area (Å²) in [5.74, 6) is 0. The molecule has 0 heterocycles. The number of hydrogen-bond donors (Lipinski definition) is 0. The minimum absolute atomic E-state index is 1.03. The zero-order chi connectivity index (χ0) is 18.1. The van der Waals surface area contributed by atoms with Crippen molar-refractivity contribution in [2.24, 2.45) is 0 Å². The molecule has 4 aromatic carbocycles. The number of allylic oxidation sites excluding steroid dienone is 1. The van der Waals surface area contributed by atoms with Crippen LogP contribution >= 0.6 is 0 Å². The summed E-state index contributed by atoms with van der Waals surface area (Å²) in [4.78, 5) is 0. The van der Waals surface area contributed by atoms with Crippen molar-refractivity contribution in [3.05, 3.63) is 114 Å².